The molecule has 2 aromatic carbocycles. The minimum atomic E-state index is -0.591. The van der Waals surface area contributed by atoms with E-state index in [9.17, 15) is 9.59 Å². The lowest BCUT2D eigenvalue weighted by molar-refractivity contribution is -0.140. The molecule has 0 bridgehead atoms. The number of rotatable bonds is 6. The highest BCUT2D eigenvalue weighted by atomic mass is 32.1. The summed E-state index contributed by atoms with van der Waals surface area (Å²) in [6, 6.07) is 17.7. The van der Waals surface area contributed by atoms with E-state index in [4.69, 9.17) is 4.74 Å². The molecule has 0 spiro atoms. The molecule has 1 amide bonds. The van der Waals surface area contributed by atoms with Crippen LogP contribution in [0, 0.1) is 6.92 Å². The first-order valence-corrected chi connectivity index (χ1v) is 10.7. The van der Waals surface area contributed by atoms with E-state index in [0.29, 0.717) is 6.54 Å². The number of hydrogen-bond acceptors (Lipinski definition) is 5. The highest BCUT2D eigenvalue weighted by Crippen LogP contribution is 2.24. The lowest BCUT2D eigenvalue weighted by Crippen LogP contribution is -2.46. The van der Waals surface area contributed by atoms with Gasteiger partial charge in [0, 0.05) is 23.0 Å². The largest absolute Gasteiger partial charge is 0.451 e. The third-order valence-electron chi connectivity index (χ3n) is 4.63. The van der Waals surface area contributed by atoms with Gasteiger partial charge in [0.1, 0.15) is 5.01 Å². The van der Waals surface area contributed by atoms with Crippen molar-refractivity contribution in [2.24, 2.45) is 0 Å². The van der Waals surface area contributed by atoms with Crippen LogP contribution in [0.25, 0.3) is 10.6 Å². The topological polar surface area (TPSA) is 59.5 Å². The average Bonchev–Trinajstić information content (AvgIpc) is 3.21. The van der Waals surface area contributed by atoms with Gasteiger partial charge >= 0.3 is 5.97 Å². The first kappa shape index (κ1) is 21.7. The number of ether oxygens (including phenoxy) is 1. The summed E-state index contributed by atoms with van der Waals surface area (Å²) in [4.78, 5) is 31.3. The molecule has 1 aromatic heterocycles. The summed E-state index contributed by atoms with van der Waals surface area (Å²) < 4.78 is 5.29. The van der Waals surface area contributed by atoms with Crippen molar-refractivity contribution < 1.29 is 14.3 Å². The van der Waals surface area contributed by atoms with Crippen molar-refractivity contribution in [3.63, 3.8) is 0 Å². The van der Waals surface area contributed by atoms with Crippen LogP contribution >= 0.6 is 11.3 Å². The summed E-state index contributed by atoms with van der Waals surface area (Å²) in [5, 5.41) is 2.40. The van der Waals surface area contributed by atoms with Gasteiger partial charge in [-0.25, -0.2) is 9.78 Å². The lowest BCUT2D eigenvalue weighted by atomic mass is 10.0. The Hall–Kier alpha value is -2.99. The van der Waals surface area contributed by atoms with Crippen molar-refractivity contribution >= 4 is 23.2 Å². The molecule has 0 aliphatic carbocycles. The van der Waals surface area contributed by atoms with Gasteiger partial charge in [-0.15, -0.1) is 11.3 Å². The molecule has 3 rings (SSSR count). The molecule has 3 aromatic rings. The van der Waals surface area contributed by atoms with E-state index < -0.39 is 11.5 Å². The molecule has 0 atom stereocenters. The van der Waals surface area contributed by atoms with Crippen LogP contribution in [-0.4, -0.2) is 33.9 Å². The van der Waals surface area contributed by atoms with Crippen molar-refractivity contribution in [2.75, 3.05) is 6.61 Å². The summed E-state index contributed by atoms with van der Waals surface area (Å²) in [7, 11) is 0. The second kappa shape index (κ2) is 9.22. The number of carbonyl (C=O) groups is 2. The normalized spacial score (nSPS) is 11.2. The number of benzene rings is 2. The predicted octanol–water partition coefficient (Wildman–Crippen LogP) is 5.10. The Morgan fingerprint density at radius 1 is 1.03 bits per heavy atom. The van der Waals surface area contributed by atoms with Crippen LogP contribution in [0.2, 0.25) is 0 Å². The zero-order chi connectivity index (χ0) is 21.7. The minimum Gasteiger partial charge on any atom is -0.451 e. The number of amides is 1. The van der Waals surface area contributed by atoms with Crippen LogP contribution in [0.1, 0.15) is 42.4 Å². The molecule has 0 radical (unpaired) electrons. The second-order valence-corrected chi connectivity index (χ2v) is 8.97. The maximum absolute atomic E-state index is 12.8. The van der Waals surface area contributed by atoms with Crippen LogP contribution in [0.3, 0.4) is 0 Å². The molecule has 30 heavy (non-hydrogen) atoms. The fraction of sp³-hybridized carbons (Fsp3) is 0.292. The molecule has 5 nitrogen and oxygen atoms in total. The van der Waals surface area contributed by atoms with Crippen molar-refractivity contribution in [1.29, 1.82) is 0 Å². The molecule has 0 saturated heterocycles. The number of hydrogen-bond donors (Lipinski definition) is 0. The molecule has 0 fully saturated rings. The molecule has 0 saturated carbocycles. The maximum atomic E-state index is 12.8. The van der Waals surface area contributed by atoms with Gasteiger partial charge in [0.05, 0.1) is 0 Å². The zero-order valence-corrected chi connectivity index (χ0v) is 18.5. The number of aryl methyl sites for hydroxylation is 1. The van der Waals surface area contributed by atoms with Crippen LogP contribution < -0.4 is 0 Å². The number of nitrogens with zero attached hydrogens (tertiary/aromatic N) is 2. The van der Waals surface area contributed by atoms with Crippen molar-refractivity contribution in [2.45, 2.75) is 39.8 Å². The molecular formula is C24H26N2O3S. The van der Waals surface area contributed by atoms with Crippen molar-refractivity contribution in [3.8, 4) is 10.6 Å². The smallest absolute Gasteiger partial charge is 0.358 e. The monoisotopic (exact) mass is 422 g/mol. The summed E-state index contributed by atoms with van der Waals surface area (Å²) in [5.41, 5.74) is 2.94. The Balaban J connectivity index is 1.64. The SMILES string of the molecule is Cc1ccc(-c2nc(C(=O)OCC(=O)N(Cc3ccccc3)C(C)(C)C)cs2)cc1. The molecule has 1 heterocycles. The van der Waals surface area contributed by atoms with Gasteiger partial charge in [-0.2, -0.15) is 0 Å². The lowest BCUT2D eigenvalue weighted by Gasteiger charge is -2.35. The predicted molar refractivity (Wildman–Crippen MR) is 119 cm³/mol. The molecule has 156 valence electrons. The highest BCUT2D eigenvalue weighted by molar-refractivity contribution is 7.13. The summed E-state index contributed by atoms with van der Waals surface area (Å²) in [6.45, 7) is 8.04. The minimum absolute atomic E-state index is 0.216. The van der Waals surface area contributed by atoms with E-state index in [1.165, 1.54) is 11.3 Å². The van der Waals surface area contributed by atoms with Crippen LogP contribution in [0.5, 0.6) is 0 Å². The van der Waals surface area contributed by atoms with Gasteiger partial charge in [0.15, 0.2) is 12.3 Å². The molecule has 0 aliphatic heterocycles. The van der Waals surface area contributed by atoms with Gasteiger partial charge in [-0.05, 0) is 33.3 Å². The third kappa shape index (κ3) is 5.54. The molecule has 0 aliphatic rings. The number of carbonyl (C=O) groups excluding carboxylic acids is 2. The Morgan fingerprint density at radius 3 is 2.33 bits per heavy atom. The van der Waals surface area contributed by atoms with Crippen molar-refractivity contribution in [3.05, 3.63) is 76.8 Å². The molecule has 0 N–H and O–H groups in total. The van der Waals surface area contributed by atoms with Gasteiger partial charge in [0.25, 0.3) is 5.91 Å². The molecule has 0 unspecified atom stereocenters. The Bertz CT molecular complexity index is 1000. The van der Waals surface area contributed by atoms with Crippen molar-refractivity contribution in [1.82, 2.24) is 9.88 Å². The fourth-order valence-corrected chi connectivity index (χ4v) is 3.74. The molecular weight excluding hydrogens is 396 g/mol. The maximum Gasteiger partial charge on any atom is 0.358 e. The van der Waals surface area contributed by atoms with Gasteiger partial charge < -0.3 is 9.64 Å². The average molecular weight is 423 g/mol. The van der Waals surface area contributed by atoms with Crippen LogP contribution in [0.15, 0.2) is 60.0 Å². The molecule has 6 heteroatoms. The van der Waals surface area contributed by atoms with Gasteiger partial charge in [0.2, 0.25) is 0 Å². The first-order chi connectivity index (χ1) is 14.2. The van der Waals surface area contributed by atoms with Crippen LogP contribution in [-0.2, 0) is 16.1 Å². The number of esters is 1. The fourth-order valence-electron chi connectivity index (χ4n) is 2.94. The van der Waals surface area contributed by atoms with Gasteiger partial charge in [-0.3, -0.25) is 4.79 Å². The van der Waals surface area contributed by atoms with E-state index in [0.717, 1.165) is 21.7 Å². The van der Waals surface area contributed by atoms with E-state index in [1.807, 2.05) is 82.3 Å². The van der Waals surface area contributed by atoms with Gasteiger partial charge in [-0.1, -0.05) is 60.2 Å². The Morgan fingerprint density at radius 2 is 1.70 bits per heavy atom. The Labute approximate surface area is 181 Å². The van der Waals surface area contributed by atoms with E-state index in [-0.39, 0.29) is 18.2 Å². The van der Waals surface area contributed by atoms with E-state index in [1.54, 1.807) is 10.3 Å². The van der Waals surface area contributed by atoms with E-state index in [2.05, 4.69) is 4.98 Å². The summed E-state index contributed by atoms with van der Waals surface area (Å²) in [6.07, 6.45) is 0. The Kier molecular flexibility index (Phi) is 6.67. The highest BCUT2D eigenvalue weighted by Gasteiger charge is 2.27. The number of aromatic nitrogens is 1. The third-order valence-corrected chi connectivity index (χ3v) is 5.52. The standard InChI is InChI=1S/C24H26N2O3S/c1-17-10-12-19(13-11-17)22-25-20(16-30-22)23(28)29-15-21(27)26(24(2,3)4)14-18-8-6-5-7-9-18/h5-13,16H,14-15H2,1-4H3. The quantitative estimate of drug-likeness (QED) is 0.519. The zero-order valence-electron chi connectivity index (χ0n) is 17.7. The van der Waals surface area contributed by atoms with Crippen LogP contribution in [0.4, 0.5) is 0 Å². The number of thiazole rings is 1. The summed E-state index contributed by atoms with van der Waals surface area (Å²) in [5.74, 6) is -0.833. The summed E-state index contributed by atoms with van der Waals surface area (Å²) >= 11 is 1.38. The van der Waals surface area contributed by atoms with E-state index >= 15 is 0 Å². The second-order valence-electron chi connectivity index (χ2n) is 8.12. The first-order valence-electron chi connectivity index (χ1n) is 9.78.